The molecule has 0 amide bonds. The van der Waals surface area contributed by atoms with Gasteiger partial charge in [-0.2, -0.15) is 0 Å². The van der Waals surface area contributed by atoms with Gasteiger partial charge in [-0.15, -0.1) is 0 Å². The van der Waals surface area contributed by atoms with Crippen LogP contribution in [-0.4, -0.2) is 20.2 Å². The average Bonchev–Trinajstić information content (AvgIpc) is 2.67. The molecule has 0 aliphatic heterocycles. The number of unbranched alkanes of at least 4 members (excludes halogenated alkanes) is 7. The lowest BCUT2D eigenvalue weighted by molar-refractivity contribution is 0.0595. The van der Waals surface area contributed by atoms with Gasteiger partial charge in [0.25, 0.3) is 0 Å². The zero-order chi connectivity index (χ0) is 21.9. The number of halogens is 1. The molecule has 5 heteroatoms. The Hall–Kier alpha value is -2.22. The first kappa shape index (κ1) is 24.8. The van der Waals surface area contributed by atoms with Gasteiger partial charge in [0, 0.05) is 6.42 Å². The first-order chi connectivity index (χ1) is 13.7. The summed E-state index contributed by atoms with van der Waals surface area (Å²) < 4.78 is 24.3. The Morgan fingerprint density at radius 3 is 2.21 bits per heavy atom. The molecule has 2 N–H and O–H groups in total. The van der Waals surface area contributed by atoms with Crippen molar-refractivity contribution in [1.29, 1.82) is 0 Å². The Morgan fingerprint density at radius 1 is 1.07 bits per heavy atom. The summed E-state index contributed by atoms with van der Waals surface area (Å²) in [6, 6.07) is 1.24. The molecule has 0 radical (unpaired) electrons. The second kappa shape index (κ2) is 12.4. The number of esters is 1. The molecule has 0 saturated carbocycles. The smallest absolute Gasteiger partial charge is 0.341 e. The van der Waals surface area contributed by atoms with Crippen molar-refractivity contribution in [3.63, 3.8) is 0 Å². The topological polar surface area (TPSA) is 61.5 Å². The van der Waals surface area contributed by atoms with Gasteiger partial charge in [-0.05, 0) is 24.3 Å². The molecule has 0 atom stereocenters. The van der Waals surface area contributed by atoms with Crippen molar-refractivity contribution in [3.05, 3.63) is 23.0 Å². The number of carbonyl (C=O) groups is 1. The van der Waals surface area contributed by atoms with Crippen LogP contribution in [-0.2, 0) is 4.74 Å². The minimum atomic E-state index is -0.786. The molecular formula is C24H36FNO3. The molecule has 0 heterocycles. The first-order valence-electron chi connectivity index (χ1n) is 10.4. The third-order valence-electron chi connectivity index (χ3n) is 4.83. The molecule has 0 aliphatic rings. The number of hydrogen-bond donors (Lipinski definition) is 1. The molecule has 0 aliphatic carbocycles. The summed E-state index contributed by atoms with van der Waals surface area (Å²) in [6.45, 7) is 6.86. The molecule has 29 heavy (non-hydrogen) atoms. The fourth-order valence-corrected chi connectivity index (χ4v) is 3.10. The Bertz CT molecular complexity index is 726. The standard InChI is InChI=1S/C24H36FNO3/c1-24(2,3)16-14-12-10-8-6-7-9-11-13-15-18-21(25)19(23(27)29-5)17-20(28-4)22(18)26/h17H,6-12,14,16,26H2,1-5H3. The van der Waals surface area contributed by atoms with Crippen molar-refractivity contribution in [2.24, 2.45) is 5.41 Å². The summed E-state index contributed by atoms with van der Waals surface area (Å²) in [5, 5.41) is 0. The minimum Gasteiger partial charge on any atom is -0.495 e. The van der Waals surface area contributed by atoms with Crippen LogP contribution in [0.4, 0.5) is 10.1 Å². The van der Waals surface area contributed by atoms with E-state index in [2.05, 4.69) is 37.3 Å². The van der Waals surface area contributed by atoms with Crippen LogP contribution in [0.5, 0.6) is 5.75 Å². The van der Waals surface area contributed by atoms with Crippen molar-refractivity contribution in [1.82, 2.24) is 0 Å². The Morgan fingerprint density at radius 2 is 1.66 bits per heavy atom. The molecule has 0 bridgehead atoms. The van der Waals surface area contributed by atoms with E-state index in [1.165, 1.54) is 58.8 Å². The van der Waals surface area contributed by atoms with E-state index in [4.69, 9.17) is 10.5 Å². The summed E-state index contributed by atoms with van der Waals surface area (Å²) in [4.78, 5) is 11.8. The highest BCUT2D eigenvalue weighted by Crippen LogP contribution is 2.30. The van der Waals surface area contributed by atoms with Crippen LogP contribution in [0.25, 0.3) is 0 Å². The van der Waals surface area contributed by atoms with E-state index in [1.54, 1.807) is 0 Å². The van der Waals surface area contributed by atoms with Crippen molar-refractivity contribution >= 4 is 11.7 Å². The highest BCUT2D eigenvalue weighted by molar-refractivity contribution is 5.92. The first-order valence-corrected chi connectivity index (χ1v) is 10.4. The van der Waals surface area contributed by atoms with Crippen LogP contribution in [0.2, 0.25) is 0 Å². The highest BCUT2D eigenvalue weighted by Gasteiger charge is 2.21. The number of hydrogen-bond acceptors (Lipinski definition) is 4. The molecule has 1 rings (SSSR count). The van der Waals surface area contributed by atoms with Gasteiger partial charge in [0.05, 0.1) is 25.5 Å². The van der Waals surface area contributed by atoms with Crippen molar-refractivity contribution in [3.8, 4) is 17.6 Å². The third kappa shape index (κ3) is 8.77. The fourth-order valence-electron chi connectivity index (χ4n) is 3.10. The van der Waals surface area contributed by atoms with Gasteiger partial charge in [-0.25, -0.2) is 9.18 Å². The molecule has 0 aromatic heterocycles. The number of anilines is 1. The SMILES string of the molecule is COC(=O)c1cc(OC)c(N)c(C#CCCCCCCCCCC(C)(C)C)c1F. The van der Waals surface area contributed by atoms with Crippen LogP contribution < -0.4 is 10.5 Å². The van der Waals surface area contributed by atoms with Gasteiger partial charge < -0.3 is 15.2 Å². The predicted octanol–water partition coefficient (Wildman–Crippen LogP) is 6.11. The normalized spacial score (nSPS) is 11.0. The highest BCUT2D eigenvalue weighted by atomic mass is 19.1. The Labute approximate surface area is 175 Å². The molecule has 4 nitrogen and oxygen atoms in total. The lowest BCUT2D eigenvalue weighted by Crippen LogP contribution is -2.09. The summed E-state index contributed by atoms with van der Waals surface area (Å²) >= 11 is 0. The molecule has 0 unspecified atom stereocenters. The van der Waals surface area contributed by atoms with Gasteiger partial charge in [0.15, 0.2) is 5.82 Å². The van der Waals surface area contributed by atoms with E-state index in [-0.39, 0.29) is 22.6 Å². The number of nitrogen functional groups attached to an aromatic ring is 1. The van der Waals surface area contributed by atoms with Gasteiger partial charge >= 0.3 is 5.97 Å². The van der Waals surface area contributed by atoms with Gasteiger partial charge in [0.2, 0.25) is 0 Å². The van der Waals surface area contributed by atoms with Gasteiger partial charge in [-0.3, -0.25) is 0 Å². The molecule has 0 saturated heterocycles. The van der Waals surface area contributed by atoms with E-state index in [1.807, 2.05) is 0 Å². The van der Waals surface area contributed by atoms with E-state index >= 15 is 0 Å². The number of methoxy groups -OCH3 is 2. The van der Waals surface area contributed by atoms with E-state index in [0.29, 0.717) is 11.8 Å². The summed E-state index contributed by atoms with van der Waals surface area (Å²) in [6.07, 6.45) is 10.3. The van der Waals surface area contributed by atoms with Crippen LogP contribution in [0.1, 0.15) is 94.5 Å². The second-order valence-electron chi connectivity index (χ2n) is 8.56. The molecule has 0 spiro atoms. The number of carbonyl (C=O) groups excluding carboxylic acids is 1. The number of ether oxygens (including phenoxy) is 2. The maximum atomic E-state index is 14.6. The predicted molar refractivity (Wildman–Crippen MR) is 117 cm³/mol. The Kier molecular flexibility index (Phi) is 10.6. The van der Waals surface area contributed by atoms with Crippen LogP contribution in [0, 0.1) is 23.1 Å². The van der Waals surface area contributed by atoms with Crippen LogP contribution in [0.3, 0.4) is 0 Å². The van der Waals surface area contributed by atoms with Gasteiger partial charge in [0.1, 0.15) is 11.3 Å². The summed E-state index contributed by atoms with van der Waals surface area (Å²) in [5.74, 6) is 4.40. The average molecular weight is 406 g/mol. The third-order valence-corrected chi connectivity index (χ3v) is 4.83. The monoisotopic (exact) mass is 405 g/mol. The largest absolute Gasteiger partial charge is 0.495 e. The molecule has 1 aromatic carbocycles. The Balaban J connectivity index is 2.47. The zero-order valence-electron chi connectivity index (χ0n) is 18.6. The maximum Gasteiger partial charge on any atom is 0.341 e. The lowest BCUT2D eigenvalue weighted by Gasteiger charge is -2.17. The summed E-state index contributed by atoms with van der Waals surface area (Å²) in [7, 11) is 2.60. The van der Waals surface area contributed by atoms with E-state index < -0.39 is 11.8 Å². The van der Waals surface area contributed by atoms with Crippen molar-refractivity contribution in [2.75, 3.05) is 20.0 Å². The number of nitrogens with two attached hydrogens (primary N) is 1. The number of benzene rings is 1. The lowest BCUT2D eigenvalue weighted by atomic mass is 9.89. The van der Waals surface area contributed by atoms with Crippen LogP contribution in [0.15, 0.2) is 6.07 Å². The summed E-state index contributed by atoms with van der Waals surface area (Å²) in [5.41, 5.74) is 6.22. The van der Waals surface area contributed by atoms with E-state index in [9.17, 15) is 9.18 Å². The molecule has 1 aromatic rings. The van der Waals surface area contributed by atoms with Crippen LogP contribution >= 0.6 is 0 Å². The molecule has 0 fully saturated rings. The minimum absolute atomic E-state index is 0.0106. The fraction of sp³-hybridized carbons (Fsp3) is 0.625. The zero-order valence-corrected chi connectivity index (χ0v) is 18.6. The molecular weight excluding hydrogens is 369 g/mol. The molecule has 162 valence electrons. The van der Waals surface area contributed by atoms with E-state index in [0.717, 1.165) is 12.8 Å². The maximum absolute atomic E-state index is 14.6. The van der Waals surface area contributed by atoms with Gasteiger partial charge in [-0.1, -0.05) is 71.1 Å². The second-order valence-corrected chi connectivity index (χ2v) is 8.56. The quantitative estimate of drug-likeness (QED) is 0.221. The van der Waals surface area contributed by atoms with Crippen molar-refractivity contribution < 1.29 is 18.7 Å². The van der Waals surface area contributed by atoms with Crippen molar-refractivity contribution in [2.45, 2.75) is 78.6 Å². The number of rotatable bonds is 10.